The lowest BCUT2D eigenvalue weighted by atomic mass is 9.80. The molecule has 2 heteroatoms. The van der Waals surface area contributed by atoms with Gasteiger partial charge in [0.15, 0.2) is 0 Å². The topological polar surface area (TPSA) is 29.1 Å². The minimum Gasteiger partial charge on any atom is -0.348 e. The molecule has 3 rings (SSSR count). The van der Waals surface area contributed by atoms with Crippen molar-refractivity contribution in [2.75, 3.05) is 0 Å². The van der Waals surface area contributed by atoms with Crippen molar-refractivity contribution >= 4 is 5.91 Å². The van der Waals surface area contributed by atoms with Crippen molar-refractivity contribution in [1.82, 2.24) is 5.32 Å². The molecule has 21 heavy (non-hydrogen) atoms. The van der Waals surface area contributed by atoms with Crippen molar-refractivity contribution in [1.29, 1.82) is 0 Å². The van der Waals surface area contributed by atoms with Crippen LogP contribution in [0, 0.1) is 0 Å². The molecule has 0 saturated heterocycles. The van der Waals surface area contributed by atoms with E-state index in [1.807, 2.05) is 26.8 Å². The van der Waals surface area contributed by atoms with Gasteiger partial charge in [0.05, 0.1) is 0 Å². The number of rotatable bonds is 1. The molecule has 0 bridgehead atoms. The summed E-state index contributed by atoms with van der Waals surface area (Å²) in [6.07, 6.45) is 7.59. The highest BCUT2D eigenvalue weighted by Gasteiger charge is 2.42. The van der Waals surface area contributed by atoms with E-state index >= 15 is 0 Å². The van der Waals surface area contributed by atoms with Gasteiger partial charge in [-0.3, -0.25) is 4.79 Å². The van der Waals surface area contributed by atoms with E-state index in [1.165, 1.54) is 36.0 Å². The third-order valence-electron chi connectivity index (χ3n) is 4.79. The molecule has 112 valence electrons. The zero-order valence-electron chi connectivity index (χ0n) is 13.3. The number of benzene rings is 1. The maximum Gasteiger partial charge on any atom is 0.244 e. The summed E-state index contributed by atoms with van der Waals surface area (Å²) in [5.41, 5.74) is 4.51. The molecule has 1 aromatic carbocycles. The molecule has 2 aliphatic carbocycles. The van der Waals surface area contributed by atoms with Crippen molar-refractivity contribution in [2.24, 2.45) is 0 Å². The summed E-state index contributed by atoms with van der Waals surface area (Å²) in [7, 11) is 0. The number of carbonyl (C=O) groups excluding carboxylic acids is 1. The molecular formula is C19H25NO. The van der Waals surface area contributed by atoms with Crippen molar-refractivity contribution in [3.8, 4) is 0 Å². The Kier molecular flexibility index (Phi) is 3.43. The molecule has 0 radical (unpaired) electrons. The normalized spacial score (nSPS) is 26.3. The smallest absolute Gasteiger partial charge is 0.244 e. The summed E-state index contributed by atoms with van der Waals surface area (Å²) >= 11 is 0. The van der Waals surface area contributed by atoms with E-state index in [4.69, 9.17) is 0 Å². The molecule has 1 atom stereocenters. The highest BCUT2D eigenvalue weighted by Crippen LogP contribution is 2.51. The van der Waals surface area contributed by atoms with Gasteiger partial charge in [0, 0.05) is 11.6 Å². The van der Waals surface area contributed by atoms with Crippen molar-refractivity contribution in [3.63, 3.8) is 0 Å². The average Bonchev–Trinajstić information content (AvgIpc) is 2.94. The van der Waals surface area contributed by atoms with Crippen LogP contribution in [0.15, 0.2) is 35.9 Å². The fourth-order valence-electron chi connectivity index (χ4n) is 3.93. The fraction of sp³-hybridized carbons (Fsp3) is 0.526. The van der Waals surface area contributed by atoms with Crippen LogP contribution in [0.1, 0.15) is 57.6 Å². The van der Waals surface area contributed by atoms with Gasteiger partial charge in [0.1, 0.15) is 0 Å². The molecule has 1 fully saturated rings. The number of hydrogen-bond acceptors (Lipinski definition) is 1. The Morgan fingerprint density at radius 3 is 2.67 bits per heavy atom. The first-order chi connectivity index (χ1) is 9.88. The molecule has 2 nitrogen and oxygen atoms in total. The van der Waals surface area contributed by atoms with Gasteiger partial charge in [-0.15, -0.1) is 0 Å². The molecule has 1 N–H and O–H groups in total. The van der Waals surface area contributed by atoms with Crippen LogP contribution in [0.25, 0.3) is 0 Å². The molecule has 1 amide bonds. The zero-order chi connectivity index (χ0) is 15.1. The number of amides is 1. The summed E-state index contributed by atoms with van der Waals surface area (Å²) in [6, 6.07) is 8.85. The lowest BCUT2D eigenvalue weighted by Crippen LogP contribution is -2.39. The summed E-state index contributed by atoms with van der Waals surface area (Å²) in [5.74, 6) is 0.0563. The third-order valence-corrected chi connectivity index (χ3v) is 4.79. The van der Waals surface area contributed by atoms with E-state index in [1.54, 1.807) is 0 Å². The Bertz CT molecular complexity index is 594. The van der Waals surface area contributed by atoms with Gasteiger partial charge in [0.2, 0.25) is 5.91 Å². The maximum atomic E-state index is 12.1. The molecule has 1 aromatic rings. The van der Waals surface area contributed by atoms with Crippen LogP contribution >= 0.6 is 0 Å². The van der Waals surface area contributed by atoms with Gasteiger partial charge in [-0.25, -0.2) is 0 Å². The quantitative estimate of drug-likeness (QED) is 0.778. The number of fused-ring (bicyclic) bond motifs is 2. The van der Waals surface area contributed by atoms with E-state index in [2.05, 4.69) is 29.6 Å². The average molecular weight is 283 g/mol. The van der Waals surface area contributed by atoms with Crippen LogP contribution in [0.3, 0.4) is 0 Å². The predicted octanol–water partition coefficient (Wildman–Crippen LogP) is 3.90. The van der Waals surface area contributed by atoms with Crippen LogP contribution in [0.4, 0.5) is 0 Å². The molecule has 1 spiro atoms. The van der Waals surface area contributed by atoms with Crippen LogP contribution in [0.5, 0.6) is 0 Å². The monoisotopic (exact) mass is 283 g/mol. The second-order valence-electron chi connectivity index (χ2n) is 7.66. The van der Waals surface area contributed by atoms with Crippen molar-refractivity contribution < 1.29 is 4.79 Å². The predicted molar refractivity (Wildman–Crippen MR) is 86.3 cm³/mol. The maximum absolute atomic E-state index is 12.1. The van der Waals surface area contributed by atoms with Crippen molar-refractivity contribution in [2.45, 2.75) is 63.8 Å². The lowest BCUT2D eigenvalue weighted by Gasteiger charge is -2.24. The van der Waals surface area contributed by atoms with Crippen LogP contribution in [0.2, 0.25) is 0 Å². The van der Waals surface area contributed by atoms with E-state index in [-0.39, 0.29) is 11.4 Å². The minimum absolute atomic E-state index is 0.0563. The van der Waals surface area contributed by atoms with Crippen LogP contribution in [-0.2, 0) is 16.6 Å². The molecule has 0 aromatic heterocycles. The van der Waals surface area contributed by atoms with E-state index < -0.39 is 0 Å². The second kappa shape index (κ2) is 5.01. The van der Waals surface area contributed by atoms with Gasteiger partial charge in [-0.1, -0.05) is 29.8 Å². The van der Waals surface area contributed by atoms with Crippen LogP contribution < -0.4 is 5.32 Å². The fourth-order valence-corrected chi connectivity index (χ4v) is 3.93. The number of allylic oxidation sites excluding steroid dienone is 1. The Balaban J connectivity index is 1.76. The third kappa shape index (κ3) is 2.90. The molecule has 1 saturated carbocycles. The minimum atomic E-state index is -0.162. The van der Waals surface area contributed by atoms with Gasteiger partial charge in [0.25, 0.3) is 0 Å². The van der Waals surface area contributed by atoms with E-state index in [0.29, 0.717) is 5.41 Å². The summed E-state index contributed by atoms with van der Waals surface area (Å²) < 4.78 is 0. The highest BCUT2D eigenvalue weighted by atomic mass is 16.1. The molecule has 2 aliphatic rings. The molecule has 0 heterocycles. The SMILES string of the molecule is CC(C)(C)NC(=O)C=C1CCC2(CCc3ccccc32)C1. The number of carbonyl (C=O) groups is 1. The first-order valence-electron chi connectivity index (χ1n) is 7.98. The lowest BCUT2D eigenvalue weighted by molar-refractivity contribution is -0.117. The molecule has 1 unspecified atom stereocenters. The molecule has 0 aliphatic heterocycles. The molecular weight excluding hydrogens is 258 g/mol. The Labute approximate surface area is 127 Å². The number of hydrogen-bond donors (Lipinski definition) is 1. The number of aryl methyl sites for hydroxylation is 1. The first-order valence-corrected chi connectivity index (χ1v) is 7.98. The zero-order valence-corrected chi connectivity index (χ0v) is 13.3. The Morgan fingerprint density at radius 1 is 1.19 bits per heavy atom. The largest absolute Gasteiger partial charge is 0.348 e. The van der Waals surface area contributed by atoms with Crippen molar-refractivity contribution in [3.05, 3.63) is 47.0 Å². The Hall–Kier alpha value is -1.57. The van der Waals surface area contributed by atoms with Gasteiger partial charge >= 0.3 is 0 Å². The standard InChI is InChI=1S/C19H25NO/c1-18(2,3)20-17(21)12-14-8-10-19(13-14)11-9-15-6-4-5-7-16(15)19/h4-7,12H,8-11,13H2,1-3H3,(H,20,21). The number of nitrogens with one attached hydrogen (secondary N) is 1. The first kappa shape index (κ1) is 14.4. The second-order valence-corrected chi connectivity index (χ2v) is 7.66. The highest BCUT2D eigenvalue weighted by molar-refractivity contribution is 5.88. The summed E-state index contributed by atoms with van der Waals surface area (Å²) in [5, 5.41) is 3.03. The van der Waals surface area contributed by atoms with Crippen LogP contribution in [-0.4, -0.2) is 11.4 Å². The van der Waals surface area contributed by atoms with Gasteiger partial charge in [-0.05, 0) is 69.4 Å². The summed E-state index contributed by atoms with van der Waals surface area (Å²) in [6.45, 7) is 6.06. The van der Waals surface area contributed by atoms with E-state index in [9.17, 15) is 4.79 Å². The van der Waals surface area contributed by atoms with Gasteiger partial charge in [-0.2, -0.15) is 0 Å². The van der Waals surface area contributed by atoms with Gasteiger partial charge < -0.3 is 5.32 Å². The summed E-state index contributed by atoms with van der Waals surface area (Å²) in [4.78, 5) is 12.1. The Morgan fingerprint density at radius 2 is 1.90 bits per heavy atom. The van der Waals surface area contributed by atoms with E-state index in [0.717, 1.165) is 12.8 Å².